The first-order valence-electron chi connectivity index (χ1n) is 10.1. The molecule has 2 aromatic carbocycles. The third kappa shape index (κ3) is 5.49. The Kier molecular flexibility index (Phi) is 7.67. The van der Waals surface area contributed by atoms with E-state index in [0.717, 1.165) is 32.9 Å². The third-order valence-corrected chi connectivity index (χ3v) is 6.66. The standard InChI is InChI=1S/C24H27BrN2O2S/c1-5-17(3)27(24(28)19-9-7-10-20(25)12-19)13-21-15-30-23(26-21)14-29-22-11-6-8-16(2)18(22)4/h6-12,15,17H,5,13-14H2,1-4H3/t17-/m1/s1. The fourth-order valence-electron chi connectivity index (χ4n) is 3.12. The van der Waals surface area contributed by atoms with E-state index >= 15 is 0 Å². The normalized spacial score (nSPS) is 11.9. The van der Waals surface area contributed by atoms with Gasteiger partial charge in [-0.05, 0) is 62.6 Å². The largest absolute Gasteiger partial charge is 0.486 e. The summed E-state index contributed by atoms with van der Waals surface area (Å²) >= 11 is 5.02. The Morgan fingerprint density at radius 1 is 1.23 bits per heavy atom. The fraction of sp³-hybridized carbons (Fsp3) is 0.333. The van der Waals surface area contributed by atoms with Crippen LogP contribution in [0.5, 0.6) is 5.75 Å². The molecule has 1 amide bonds. The van der Waals surface area contributed by atoms with Crippen LogP contribution in [0.4, 0.5) is 0 Å². The molecule has 4 nitrogen and oxygen atoms in total. The minimum absolute atomic E-state index is 0.0202. The van der Waals surface area contributed by atoms with E-state index in [2.05, 4.69) is 49.7 Å². The van der Waals surface area contributed by atoms with Crippen molar-refractivity contribution in [2.24, 2.45) is 0 Å². The molecule has 30 heavy (non-hydrogen) atoms. The zero-order valence-corrected chi connectivity index (χ0v) is 20.2. The number of carbonyl (C=O) groups excluding carboxylic acids is 1. The van der Waals surface area contributed by atoms with Gasteiger partial charge in [-0.3, -0.25) is 4.79 Å². The van der Waals surface area contributed by atoms with E-state index in [1.807, 2.05) is 46.7 Å². The summed E-state index contributed by atoms with van der Waals surface area (Å²) in [5.74, 6) is 0.907. The van der Waals surface area contributed by atoms with Crippen LogP contribution in [-0.2, 0) is 13.2 Å². The maximum absolute atomic E-state index is 13.1. The number of amides is 1. The average Bonchev–Trinajstić information content (AvgIpc) is 3.19. The van der Waals surface area contributed by atoms with Gasteiger partial charge in [-0.25, -0.2) is 4.98 Å². The van der Waals surface area contributed by atoms with Gasteiger partial charge in [-0.15, -0.1) is 11.3 Å². The van der Waals surface area contributed by atoms with E-state index in [4.69, 9.17) is 9.72 Å². The van der Waals surface area contributed by atoms with E-state index in [0.29, 0.717) is 18.7 Å². The first-order valence-corrected chi connectivity index (χ1v) is 11.7. The number of rotatable bonds is 8. The Bertz CT molecular complexity index is 1020. The van der Waals surface area contributed by atoms with Crippen LogP contribution in [0.2, 0.25) is 0 Å². The second-order valence-electron chi connectivity index (χ2n) is 7.42. The van der Waals surface area contributed by atoms with E-state index in [9.17, 15) is 4.79 Å². The molecule has 158 valence electrons. The molecule has 0 spiro atoms. The average molecular weight is 487 g/mol. The summed E-state index contributed by atoms with van der Waals surface area (Å²) in [4.78, 5) is 19.8. The van der Waals surface area contributed by atoms with Gasteiger partial charge in [0.2, 0.25) is 0 Å². The van der Waals surface area contributed by atoms with Gasteiger partial charge in [0.15, 0.2) is 0 Å². The van der Waals surface area contributed by atoms with Crippen molar-refractivity contribution in [2.45, 2.75) is 53.3 Å². The van der Waals surface area contributed by atoms with Gasteiger partial charge in [0.1, 0.15) is 17.4 Å². The summed E-state index contributed by atoms with van der Waals surface area (Å²) in [6, 6.07) is 13.7. The summed E-state index contributed by atoms with van der Waals surface area (Å²) < 4.78 is 6.88. The maximum Gasteiger partial charge on any atom is 0.254 e. The lowest BCUT2D eigenvalue weighted by Crippen LogP contribution is -2.37. The Labute approximate surface area is 191 Å². The Hall–Kier alpha value is -2.18. The topological polar surface area (TPSA) is 42.4 Å². The van der Waals surface area contributed by atoms with Crippen molar-refractivity contribution in [3.8, 4) is 5.75 Å². The van der Waals surface area contributed by atoms with E-state index in [-0.39, 0.29) is 11.9 Å². The van der Waals surface area contributed by atoms with Crippen LogP contribution in [0.3, 0.4) is 0 Å². The van der Waals surface area contributed by atoms with Crippen LogP contribution in [0.15, 0.2) is 52.3 Å². The molecule has 3 aromatic rings. The van der Waals surface area contributed by atoms with Crippen molar-refractivity contribution >= 4 is 33.2 Å². The van der Waals surface area contributed by atoms with Crippen molar-refractivity contribution < 1.29 is 9.53 Å². The number of aromatic nitrogens is 1. The van der Waals surface area contributed by atoms with Crippen molar-refractivity contribution in [3.63, 3.8) is 0 Å². The number of halogens is 1. The number of benzene rings is 2. The number of thiazole rings is 1. The number of aryl methyl sites for hydroxylation is 1. The predicted molar refractivity (Wildman–Crippen MR) is 126 cm³/mol. The molecular formula is C24H27BrN2O2S. The van der Waals surface area contributed by atoms with Crippen molar-refractivity contribution in [1.82, 2.24) is 9.88 Å². The van der Waals surface area contributed by atoms with Gasteiger partial charge < -0.3 is 9.64 Å². The zero-order valence-electron chi connectivity index (χ0n) is 17.8. The Morgan fingerprint density at radius 3 is 2.73 bits per heavy atom. The molecule has 0 aliphatic carbocycles. The van der Waals surface area contributed by atoms with Crippen LogP contribution < -0.4 is 4.74 Å². The summed E-state index contributed by atoms with van der Waals surface area (Å²) in [6.45, 7) is 9.23. The molecule has 0 saturated carbocycles. The van der Waals surface area contributed by atoms with Crippen molar-refractivity contribution in [2.75, 3.05) is 0 Å². The van der Waals surface area contributed by atoms with Crippen LogP contribution >= 0.6 is 27.3 Å². The second-order valence-corrected chi connectivity index (χ2v) is 9.28. The Morgan fingerprint density at radius 2 is 2.00 bits per heavy atom. The van der Waals surface area contributed by atoms with Crippen LogP contribution in [0, 0.1) is 13.8 Å². The molecule has 0 radical (unpaired) electrons. The number of hydrogen-bond acceptors (Lipinski definition) is 4. The van der Waals surface area contributed by atoms with Gasteiger partial charge in [-0.1, -0.05) is 41.1 Å². The van der Waals surface area contributed by atoms with Crippen LogP contribution in [-0.4, -0.2) is 21.8 Å². The monoisotopic (exact) mass is 486 g/mol. The summed E-state index contributed by atoms with van der Waals surface area (Å²) in [6.07, 6.45) is 0.881. The first-order chi connectivity index (χ1) is 14.4. The lowest BCUT2D eigenvalue weighted by atomic mass is 10.1. The number of nitrogens with zero attached hydrogens (tertiary/aromatic N) is 2. The van der Waals surface area contributed by atoms with Gasteiger partial charge in [0.05, 0.1) is 12.2 Å². The first kappa shape index (κ1) is 22.5. The molecule has 6 heteroatoms. The number of carbonyl (C=O) groups is 1. The quantitative estimate of drug-likeness (QED) is 0.362. The molecule has 1 aromatic heterocycles. The lowest BCUT2D eigenvalue weighted by Gasteiger charge is -2.28. The third-order valence-electron chi connectivity index (χ3n) is 5.29. The molecule has 0 bridgehead atoms. The highest BCUT2D eigenvalue weighted by Gasteiger charge is 2.22. The highest BCUT2D eigenvalue weighted by Crippen LogP contribution is 2.23. The number of hydrogen-bond donors (Lipinski definition) is 0. The van der Waals surface area contributed by atoms with Gasteiger partial charge in [0, 0.05) is 21.5 Å². The van der Waals surface area contributed by atoms with Gasteiger partial charge in [-0.2, -0.15) is 0 Å². The molecule has 0 aliphatic rings. The van der Waals surface area contributed by atoms with Crippen molar-refractivity contribution in [1.29, 1.82) is 0 Å². The minimum Gasteiger partial charge on any atom is -0.486 e. The highest BCUT2D eigenvalue weighted by atomic mass is 79.9. The summed E-state index contributed by atoms with van der Waals surface area (Å²) in [5.41, 5.74) is 3.93. The van der Waals surface area contributed by atoms with E-state index in [1.54, 1.807) is 11.3 Å². The molecule has 1 atom stereocenters. The minimum atomic E-state index is 0.0202. The lowest BCUT2D eigenvalue weighted by molar-refractivity contribution is 0.0669. The van der Waals surface area contributed by atoms with E-state index in [1.165, 1.54) is 5.56 Å². The second kappa shape index (κ2) is 10.2. The maximum atomic E-state index is 13.1. The SMILES string of the molecule is CC[C@@H](C)N(Cc1csc(COc2cccc(C)c2C)n1)C(=O)c1cccc(Br)c1. The number of ether oxygens (including phenoxy) is 1. The molecular weight excluding hydrogens is 460 g/mol. The van der Waals surface area contributed by atoms with Crippen LogP contribution in [0.25, 0.3) is 0 Å². The fourth-order valence-corrected chi connectivity index (χ4v) is 4.21. The zero-order chi connectivity index (χ0) is 21.7. The van der Waals surface area contributed by atoms with Crippen LogP contribution in [0.1, 0.15) is 52.5 Å². The summed E-state index contributed by atoms with van der Waals surface area (Å²) in [5, 5.41) is 2.93. The molecule has 1 heterocycles. The molecule has 0 saturated heterocycles. The van der Waals surface area contributed by atoms with Gasteiger partial charge >= 0.3 is 0 Å². The van der Waals surface area contributed by atoms with Crippen molar-refractivity contribution in [3.05, 3.63) is 79.7 Å². The van der Waals surface area contributed by atoms with E-state index < -0.39 is 0 Å². The Balaban J connectivity index is 1.71. The van der Waals surface area contributed by atoms with Gasteiger partial charge in [0.25, 0.3) is 5.91 Å². The molecule has 3 rings (SSSR count). The molecule has 0 unspecified atom stereocenters. The predicted octanol–water partition coefficient (Wildman–Crippen LogP) is 6.54. The molecule has 0 fully saturated rings. The summed E-state index contributed by atoms with van der Waals surface area (Å²) in [7, 11) is 0. The molecule has 0 aliphatic heterocycles. The highest BCUT2D eigenvalue weighted by molar-refractivity contribution is 9.10. The molecule has 0 N–H and O–H groups in total. The smallest absolute Gasteiger partial charge is 0.254 e.